The van der Waals surface area contributed by atoms with Crippen LogP contribution < -0.4 is 4.74 Å². The summed E-state index contributed by atoms with van der Waals surface area (Å²) >= 11 is 1.38. The van der Waals surface area contributed by atoms with Crippen molar-refractivity contribution in [2.24, 2.45) is 5.18 Å². The van der Waals surface area contributed by atoms with Crippen LogP contribution in [-0.2, 0) is 0 Å². The molecule has 2 aromatic carbocycles. The molecule has 0 aliphatic rings. The number of aryl methyl sites for hydroxylation is 1. The van der Waals surface area contributed by atoms with Gasteiger partial charge in [0.25, 0.3) is 0 Å². The molecule has 0 aliphatic heterocycles. The number of nitrogens with zero attached hydrogens (tertiary/aromatic N) is 2. The minimum Gasteiger partial charge on any atom is -0.503 e. The number of phenolic OH excluding ortho intramolecular Hbond substituents is 1. The van der Waals surface area contributed by atoms with Gasteiger partial charge in [0, 0.05) is 9.79 Å². The van der Waals surface area contributed by atoms with E-state index in [1.165, 1.54) is 24.9 Å². The Balaban J connectivity index is 2.50. The highest BCUT2D eigenvalue weighted by molar-refractivity contribution is 7.99. The Labute approximate surface area is 132 Å². The van der Waals surface area contributed by atoms with Gasteiger partial charge in [-0.15, -0.1) is 4.91 Å². The molecule has 0 heterocycles. The van der Waals surface area contributed by atoms with Gasteiger partial charge in [-0.2, -0.15) is 5.26 Å². The standard InChI is InChI=1S/C16H14N2O3S/c1-9-4-11(8-17)10(2)15(5-9)22-12-6-13(18-20)16(19)14(7-12)21-3/h4-7,19H,1-3H3. The predicted molar refractivity (Wildman–Crippen MR) is 84.9 cm³/mol. The smallest absolute Gasteiger partial charge is 0.187 e. The second-order valence-electron chi connectivity index (χ2n) is 4.73. The zero-order valence-electron chi connectivity index (χ0n) is 12.4. The van der Waals surface area contributed by atoms with Gasteiger partial charge < -0.3 is 9.84 Å². The summed E-state index contributed by atoms with van der Waals surface area (Å²) < 4.78 is 5.05. The van der Waals surface area contributed by atoms with Gasteiger partial charge in [-0.1, -0.05) is 11.8 Å². The van der Waals surface area contributed by atoms with E-state index in [0.717, 1.165) is 16.0 Å². The van der Waals surface area contributed by atoms with Crippen molar-refractivity contribution in [3.05, 3.63) is 45.9 Å². The van der Waals surface area contributed by atoms with Crippen LogP contribution in [-0.4, -0.2) is 12.2 Å². The average molecular weight is 314 g/mol. The first-order chi connectivity index (χ1) is 10.5. The third-order valence-electron chi connectivity index (χ3n) is 3.20. The van der Waals surface area contributed by atoms with Crippen molar-refractivity contribution in [2.45, 2.75) is 23.6 Å². The van der Waals surface area contributed by atoms with E-state index >= 15 is 0 Å². The Morgan fingerprint density at radius 1 is 1.27 bits per heavy atom. The van der Waals surface area contributed by atoms with Crippen LogP contribution in [0.1, 0.15) is 16.7 Å². The second kappa shape index (κ2) is 6.50. The normalized spacial score (nSPS) is 10.1. The maximum atomic E-state index is 10.8. The largest absolute Gasteiger partial charge is 0.503 e. The Kier molecular flexibility index (Phi) is 4.68. The third kappa shape index (κ3) is 3.05. The third-order valence-corrected chi connectivity index (χ3v) is 4.31. The first kappa shape index (κ1) is 15.9. The van der Waals surface area contributed by atoms with Crippen LogP contribution in [0.5, 0.6) is 11.5 Å². The van der Waals surface area contributed by atoms with Crippen molar-refractivity contribution in [3.63, 3.8) is 0 Å². The summed E-state index contributed by atoms with van der Waals surface area (Å²) in [5.41, 5.74) is 2.38. The molecule has 0 aliphatic carbocycles. The number of benzene rings is 2. The molecule has 0 aromatic heterocycles. The highest BCUT2D eigenvalue weighted by Gasteiger charge is 2.14. The number of hydrogen-bond donors (Lipinski definition) is 1. The van der Waals surface area contributed by atoms with Crippen LogP contribution in [0.2, 0.25) is 0 Å². The van der Waals surface area contributed by atoms with Gasteiger partial charge in [0.1, 0.15) is 0 Å². The average Bonchev–Trinajstić information content (AvgIpc) is 2.51. The Hall–Kier alpha value is -2.52. The molecule has 0 saturated carbocycles. The number of phenols is 1. The van der Waals surface area contributed by atoms with E-state index in [2.05, 4.69) is 11.2 Å². The molecule has 2 aromatic rings. The van der Waals surface area contributed by atoms with Gasteiger partial charge >= 0.3 is 0 Å². The quantitative estimate of drug-likeness (QED) is 0.844. The van der Waals surface area contributed by atoms with E-state index in [-0.39, 0.29) is 17.2 Å². The fourth-order valence-electron chi connectivity index (χ4n) is 2.03. The molecule has 0 spiro atoms. The zero-order valence-corrected chi connectivity index (χ0v) is 13.2. The van der Waals surface area contributed by atoms with Crippen LogP contribution in [0.3, 0.4) is 0 Å². The van der Waals surface area contributed by atoms with Gasteiger partial charge in [0.2, 0.25) is 0 Å². The van der Waals surface area contributed by atoms with E-state index in [1.54, 1.807) is 6.07 Å². The van der Waals surface area contributed by atoms with E-state index in [9.17, 15) is 10.0 Å². The summed E-state index contributed by atoms with van der Waals surface area (Å²) in [5.74, 6) is -0.0917. The molecule has 0 radical (unpaired) electrons. The van der Waals surface area contributed by atoms with E-state index in [1.807, 2.05) is 26.0 Å². The van der Waals surface area contributed by atoms with Gasteiger partial charge in [0.15, 0.2) is 17.2 Å². The summed E-state index contributed by atoms with van der Waals surface area (Å²) in [4.78, 5) is 12.4. The molecule has 1 N–H and O–H groups in total. The van der Waals surface area contributed by atoms with E-state index in [4.69, 9.17) is 10.00 Å². The Bertz CT molecular complexity index is 782. The molecular formula is C16H14N2O3S. The van der Waals surface area contributed by atoms with Crippen molar-refractivity contribution in [1.82, 2.24) is 0 Å². The molecule has 0 fully saturated rings. The molecule has 112 valence electrons. The van der Waals surface area contributed by atoms with E-state index in [0.29, 0.717) is 10.5 Å². The maximum Gasteiger partial charge on any atom is 0.187 e. The topological polar surface area (TPSA) is 82.7 Å². The molecule has 0 amide bonds. The SMILES string of the molecule is COc1cc(Sc2cc(C)cc(C#N)c2C)cc(N=O)c1O. The molecule has 0 unspecified atom stereocenters. The first-order valence-corrected chi connectivity index (χ1v) is 7.25. The van der Waals surface area contributed by atoms with Crippen LogP contribution in [0, 0.1) is 30.1 Å². The second-order valence-corrected chi connectivity index (χ2v) is 5.85. The lowest BCUT2D eigenvalue weighted by atomic mass is 10.1. The molecule has 22 heavy (non-hydrogen) atoms. The minimum atomic E-state index is -0.277. The number of hydrogen-bond acceptors (Lipinski definition) is 6. The Morgan fingerprint density at radius 3 is 2.59 bits per heavy atom. The molecule has 0 saturated heterocycles. The summed E-state index contributed by atoms with van der Waals surface area (Å²) in [7, 11) is 1.41. The number of ether oxygens (including phenoxy) is 1. The summed E-state index contributed by atoms with van der Waals surface area (Å²) in [6.07, 6.45) is 0. The Morgan fingerprint density at radius 2 is 2.00 bits per heavy atom. The fourth-order valence-corrected chi connectivity index (χ4v) is 3.13. The van der Waals surface area contributed by atoms with Crippen molar-refractivity contribution in [3.8, 4) is 17.6 Å². The number of methoxy groups -OCH3 is 1. The maximum absolute atomic E-state index is 10.8. The number of nitriles is 1. The molecule has 5 nitrogen and oxygen atoms in total. The number of nitroso groups, excluding NO2 is 1. The van der Waals surface area contributed by atoms with Crippen LogP contribution in [0.25, 0.3) is 0 Å². The van der Waals surface area contributed by atoms with Crippen molar-refractivity contribution >= 4 is 17.4 Å². The summed E-state index contributed by atoms with van der Waals surface area (Å²) in [6.45, 7) is 3.79. The van der Waals surface area contributed by atoms with E-state index < -0.39 is 0 Å². The highest BCUT2D eigenvalue weighted by atomic mass is 32.2. The molecule has 6 heteroatoms. The minimum absolute atomic E-state index is 0.0762. The number of aromatic hydroxyl groups is 1. The molecule has 0 atom stereocenters. The van der Waals surface area contributed by atoms with Crippen molar-refractivity contribution in [1.29, 1.82) is 5.26 Å². The summed E-state index contributed by atoms with van der Waals surface area (Å²) in [5, 5.41) is 21.8. The molecule has 0 bridgehead atoms. The van der Waals surface area contributed by atoms with Gasteiger partial charge in [-0.05, 0) is 54.4 Å². The monoisotopic (exact) mass is 314 g/mol. The lowest BCUT2D eigenvalue weighted by molar-refractivity contribution is 0.373. The lowest BCUT2D eigenvalue weighted by Gasteiger charge is -2.11. The zero-order chi connectivity index (χ0) is 16.3. The van der Waals surface area contributed by atoms with Gasteiger partial charge in [-0.25, -0.2) is 0 Å². The van der Waals surface area contributed by atoms with Crippen LogP contribution in [0.4, 0.5) is 5.69 Å². The predicted octanol–water partition coefficient (Wildman–Crippen LogP) is 4.44. The summed E-state index contributed by atoms with van der Waals surface area (Å²) in [6, 6.07) is 9.08. The molecule has 2 rings (SSSR count). The highest BCUT2D eigenvalue weighted by Crippen LogP contribution is 2.42. The van der Waals surface area contributed by atoms with Crippen LogP contribution in [0.15, 0.2) is 39.2 Å². The van der Waals surface area contributed by atoms with Crippen LogP contribution >= 0.6 is 11.8 Å². The first-order valence-electron chi connectivity index (χ1n) is 6.43. The van der Waals surface area contributed by atoms with Crippen molar-refractivity contribution < 1.29 is 9.84 Å². The fraction of sp³-hybridized carbons (Fsp3) is 0.188. The molecular weight excluding hydrogens is 300 g/mol. The lowest BCUT2D eigenvalue weighted by Crippen LogP contribution is -1.89. The van der Waals surface area contributed by atoms with Gasteiger partial charge in [-0.3, -0.25) is 0 Å². The van der Waals surface area contributed by atoms with Crippen molar-refractivity contribution in [2.75, 3.05) is 7.11 Å². The van der Waals surface area contributed by atoms with Gasteiger partial charge in [0.05, 0.1) is 18.7 Å². The number of rotatable bonds is 4.